The molecule has 0 saturated heterocycles. The lowest BCUT2D eigenvalue weighted by Crippen LogP contribution is -2.25. The van der Waals surface area contributed by atoms with E-state index in [4.69, 9.17) is 9.47 Å². The molecule has 1 aromatic rings. The highest BCUT2D eigenvalue weighted by Crippen LogP contribution is 2.30. The van der Waals surface area contributed by atoms with Crippen LogP contribution in [0.2, 0.25) is 0 Å². The molecule has 6 nitrogen and oxygen atoms in total. The number of fused-ring (bicyclic) bond motifs is 1. The van der Waals surface area contributed by atoms with E-state index in [1.165, 1.54) is 6.07 Å². The number of nitrogens with one attached hydrogen (secondary N) is 1. The number of hydrogen-bond donors (Lipinski definition) is 2. The number of rotatable bonds is 3. The molecule has 0 bridgehead atoms. The molecule has 1 heterocycles. The van der Waals surface area contributed by atoms with Gasteiger partial charge in [0.2, 0.25) is 0 Å². The molecule has 1 aliphatic heterocycles. The first-order valence-electron chi connectivity index (χ1n) is 5.53. The topological polar surface area (TPSA) is 84.9 Å². The fourth-order valence-corrected chi connectivity index (χ4v) is 1.63. The summed E-state index contributed by atoms with van der Waals surface area (Å²) < 4.78 is 9.88. The number of aliphatic hydroxyl groups excluding tert-OH is 1. The van der Waals surface area contributed by atoms with Gasteiger partial charge < -0.3 is 19.9 Å². The van der Waals surface area contributed by atoms with Crippen LogP contribution in [-0.2, 0) is 14.3 Å². The van der Waals surface area contributed by atoms with Crippen LogP contribution in [0.4, 0.5) is 5.69 Å². The maximum atomic E-state index is 11.4. The first-order valence-corrected chi connectivity index (χ1v) is 5.53. The van der Waals surface area contributed by atoms with Crippen molar-refractivity contribution in [2.75, 3.05) is 18.5 Å². The quantitative estimate of drug-likeness (QED) is 0.769. The molecule has 0 saturated carbocycles. The fraction of sp³-hybridized carbons (Fsp3) is 0.333. The normalized spacial score (nSPS) is 15.1. The van der Waals surface area contributed by atoms with E-state index in [0.29, 0.717) is 17.0 Å². The van der Waals surface area contributed by atoms with E-state index in [9.17, 15) is 14.7 Å². The molecular weight excluding hydrogens is 238 g/mol. The second-order valence-electron chi connectivity index (χ2n) is 3.75. The number of esters is 1. The Hall–Kier alpha value is -2.08. The number of aliphatic hydroxyl groups is 1. The molecule has 2 N–H and O–H groups in total. The molecular formula is C12H13NO5. The Bertz CT molecular complexity index is 485. The van der Waals surface area contributed by atoms with Crippen LogP contribution in [0.3, 0.4) is 0 Å². The number of ether oxygens (including phenoxy) is 2. The predicted octanol–water partition coefficient (Wildman–Crippen LogP) is 0.614. The van der Waals surface area contributed by atoms with Crippen molar-refractivity contribution in [1.29, 1.82) is 0 Å². The van der Waals surface area contributed by atoms with E-state index in [1.807, 2.05) is 0 Å². The van der Waals surface area contributed by atoms with Gasteiger partial charge in [-0.15, -0.1) is 0 Å². The van der Waals surface area contributed by atoms with E-state index in [1.54, 1.807) is 19.1 Å². The van der Waals surface area contributed by atoms with Gasteiger partial charge in [-0.3, -0.25) is 4.79 Å². The van der Waals surface area contributed by atoms with E-state index in [-0.39, 0.29) is 19.1 Å². The van der Waals surface area contributed by atoms with E-state index in [2.05, 4.69) is 5.32 Å². The highest BCUT2D eigenvalue weighted by molar-refractivity contribution is 5.95. The van der Waals surface area contributed by atoms with Crippen molar-refractivity contribution >= 4 is 17.6 Å². The molecule has 18 heavy (non-hydrogen) atoms. The minimum atomic E-state index is -1.37. The molecule has 1 aromatic carbocycles. The average Bonchev–Trinajstić information content (AvgIpc) is 2.37. The Morgan fingerprint density at radius 3 is 3.11 bits per heavy atom. The summed E-state index contributed by atoms with van der Waals surface area (Å²) in [4.78, 5) is 22.5. The summed E-state index contributed by atoms with van der Waals surface area (Å²) >= 11 is 0. The van der Waals surface area contributed by atoms with Gasteiger partial charge in [0, 0.05) is 0 Å². The summed E-state index contributed by atoms with van der Waals surface area (Å²) in [6, 6.07) is 4.64. The van der Waals surface area contributed by atoms with Gasteiger partial charge in [-0.05, 0) is 24.6 Å². The third-order valence-corrected chi connectivity index (χ3v) is 2.46. The van der Waals surface area contributed by atoms with Crippen molar-refractivity contribution in [1.82, 2.24) is 0 Å². The summed E-state index contributed by atoms with van der Waals surface area (Å²) in [5.74, 6) is -0.486. The molecule has 0 radical (unpaired) electrons. The first-order chi connectivity index (χ1) is 8.61. The SMILES string of the molecule is CCOC(=O)C(O)c1ccc2c(c1)NC(=O)CO2. The Labute approximate surface area is 104 Å². The van der Waals surface area contributed by atoms with Crippen molar-refractivity contribution < 1.29 is 24.2 Å². The number of hydrogen-bond acceptors (Lipinski definition) is 5. The van der Waals surface area contributed by atoms with Crippen LogP contribution in [0.1, 0.15) is 18.6 Å². The Kier molecular flexibility index (Phi) is 3.47. The molecule has 96 valence electrons. The van der Waals surface area contributed by atoms with Gasteiger partial charge in [0.05, 0.1) is 12.3 Å². The third kappa shape index (κ3) is 2.43. The lowest BCUT2D eigenvalue weighted by atomic mass is 10.1. The Morgan fingerprint density at radius 1 is 1.61 bits per heavy atom. The number of anilines is 1. The lowest BCUT2D eigenvalue weighted by Gasteiger charge is -2.19. The Balaban J connectivity index is 2.22. The second-order valence-corrected chi connectivity index (χ2v) is 3.75. The van der Waals surface area contributed by atoms with Crippen molar-refractivity contribution in [3.63, 3.8) is 0 Å². The molecule has 0 aromatic heterocycles. The molecule has 1 aliphatic rings. The summed E-state index contributed by atoms with van der Waals surface area (Å²) in [5, 5.41) is 12.4. The summed E-state index contributed by atoms with van der Waals surface area (Å²) in [5.41, 5.74) is 0.782. The Morgan fingerprint density at radius 2 is 2.39 bits per heavy atom. The summed E-state index contributed by atoms with van der Waals surface area (Å²) in [6.07, 6.45) is -1.37. The lowest BCUT2D eigenvalue weighted by molar-refractivity contribution is -0.153. The van der Waals surface area contributed by atoms with Crippen LogP contribution in [0, 0.1) is 0 Å². The summed E-state index contributed by atoms with van der Waals surface area (Å²) in [7, 11) is 0. The van der Waals surface area contributed by atoms with E-state index < -0.39 is 12.1 Å². The van der Waals surface area contributed by atoms with Crippen molar-refractivity contribution in [2.24, 2.45) is 0 Å². The second kappa shape index (κ2) is 5.05. The maximum Gasteiger partial charge on any atom is 0.339 e. The average molecular weight is 251 g/mol. The molecule has 1 unspecified atom stereocenters. The highest BCUT2D eigenvalue weighted by atomic mass is 16.5. The highest BCUT2D eigenvalue weighted by Gasteiger charge is 2.22. The molecule has 1 atom stereocenters. The van der Waals surface area contributed by atoms with Crippen LogP contribution in [-0.4, -0.2) is 30.2 Å². The zero-order valence-corrected chi connectivity index (χ0v) is 9.80. The van der Waals surface area contributed by atoms with Gasteiger partial charge in [0.15, 0.2) is 12.7 Å². The molecule has 0 fully saturated rings. The van der Waals surface area contributed by atoms with Gasteiger partial charge in [0.25, 0.3) is 5.91 Å². The molecule has 0 spiro atoms. The molecule has 1 amide bonds. The zero-order chi connectivity index (χ0) is 13.1. The van der Waals surface area contributed by atoms with Crippen molar-refractivity contribution in [2.45, 2.75) is 13.0 Å². The first kappa shape index (κ1) is 12.4. The third-order valence-electron chi connectivity index (χ3n) is 2.46. The van der Waals surface area contributed by atoms with E-state index in [0.717, 1.165) is 0 Å². The van der Waals surface area contributed by atoms with E-state index >= 15 is 0 Å². The largest absolute Gasteiger partial charge is 0.482 e. The molecule has 0 aliphatic carbocycles. The molecule has 6 heteroatoms. The van der Waals surface area contributed by atoms with Gasteiger partial charge in [-0.2, -0.15) is 0 Å². The number of carbonyl (C=O) groups is 2. The van der Waals surface area contributed by atoms with Gasteiger partial charge in [-0.1, -0.05) is 6.07 Å². The van der Waals surface area contributed by atoms with Gasteiger partial charge in [0.1, 0.15) is 5.75 Å². The molecule has 2 rings (SSSR count). The zero-order valence-electron chi connectivity index (χ0n) is 9.80. The number of amides is 1. The van der Waals surface area contributed by atoms with Gasteiger partial charge >= 0.3 is 5.97 Å². The van der Waals surface area contributed by atoms with Gasteiger partial charge in [-0.25, -0.2) is 4.79 Å². The van der Waals surface area contributed by atoms with Crippen molar-refractivity contribution in [3.05, 3.63) is 23.8 Å². The number of benzene rings is 1. The van der Waals surface area contributed by atoms with Crippen LogP contribution in [0.5, 0.6) is 5.75 Å². The van der Waals surface area contributed by atoms with Crippen LogP contribution in [0.15, 0.2) is 18.2 Å². The van der Waals surface area contributed by atoms with Crippen LogP contribution >= 0.6 is 0 Å². The van der Waals surface area contributed by atoms with Crippen LogP contribution in [0.25, 0.3) is 0 Å². The monoisotopic (exact) mass is 251 g/mol. The fourth-order valence-electron chi connectivity index (χ4n) is 1.63. The summed E-state index contributed by atoms with van der Waals surface area (Å²) in [6.45, 7) is 1.82. The number of carbonyl (C=O) groups excluding carboxylic acids is 2. The minimum Gasteiger partial charge on any atom is -0.482 e. The predicted molar refractivity (Wildman–Crippen MR) is 62.2 cm³/mol. The standard InChI is InChI=1S/C12H13NO5/c1-2-17-12(16)11(15)7-3-4-9-8(5-7)13-10(14)6-18-9/h3-5,11,15H,2,6H2,1H3,(H,13,14). The maximum absolute atomic E-state index is 11.4. The minimum absolute atomic E-state index is 0.0349. The van der Waals surface area contributed by atoms with Crippen LogP contribution < -0.4 is 10.1 Å². The smallest absolute Gasteiger partial charge is 0.339 e. The van der Waals surface area contributed by atoms with Crippen molar-refractivity contribution in [3.8, 4) is 5.75 Å².